The molecule has 0 aliphatic carbocycles. The van der Waals surface area contributed by atoms with Crippen molar-refractivity contribution in [3.05, 3.63) is 77.6 Å². The van der Waals surface area contributed by atoms with Crippen molar-refractivity contribution in [3.63, 3.8) is 0 Å². The van der Waals surface area contributed by atoms with Crippen molar-refractivity contribution in [2.75, 3.05) is 0 Å². The first-order valence-electron chi connectivity index (χ1n) is 6.87. The summed E-state index contributed by atoms with van der Waals surface area (Å²) >= 11 is 0. The molecule has 4 nitrogen and oxygen atoms in total. The molecule has 1 aromatic heterocycles. The number of nitrogens with zero attached hydrogens (tertiary/aromatic N) is 2. The lowest BCUT2D eigenvalue weighted by molar-refractivity contribution is 0.475. The average molecular weight is 279 g/mol. The molecule has 3 N–H and O–H groups in total. The fourth-order valence-corrected chi connectivity index (χ4v) is 2.32. The lowest BCUT2D eigenvalue weighted by Gasteiger charge is -2.07. The van der Waals surface area contributed by atoms with E-state index in [1.807, 2.05) is 41.1 Å². The summed E-state index contributed by atoms with van der Waals surface area (Å²) in [6, 6.07) is 19.3. The van der Waals surface area contributed by atoms with Gasteiger partial charge in [-0.15, -0.1) is 0 Å². The number of rotatable bonds is 4. The topological polar surface area (TPSA) is 64.1 Å². The minimum Gasteiger partial charge on any atom is -0.508 e. The molecule has 0 bridgehead atoms. The van der Waals surface area contributed by atoms with Crippen LogP contribution in [0.1, 0.15) is 17.0 Å². The van der Waals surface area contributed by atoms with Crippen molar-refractivity contribution in [1.82, 2.24) is 9.78 Å². The van der Waals surface area contributed by atoms with E-state index in [1.165, 1.54) is 5.56 Å². The highest BCUT2D eigenvalue weighted by atomic mass is 16.3. The molecule has 0 spiro atoms. The van der Waals surface area contributed by atoms with E-state index in [0.29, 0.717) is 6.54 Å². The van der Waals surface area contributed by atoms with E-state index in [-0.39, 0.29) is 5.75 Å². The number of hydrogen-bond donors (Lipinski definition) is 2. The third-order valence-corrected chi connectivity index (χ3v) is 3.37. The Morgan fingerprint density at radius 3 is 2.38 bits per heavy atom. The zero-order chi connectivity index (χ0) is 14.7. The number of aromatic hydroxyl groups is 1. The molecule has 0 aliphatic heterocycles. The molecule has 0 saturated heterocycles. The largest absolute Gasteiger partial charge is 0.508 e. The first-order chi connectivity index (χ1) is 10.3. The summed E-state index contributed by atoms with van der Waals surface area (Å²) in [7, 11) is 0. The number of hydrogen-bond acceptors (Lipinski definition) is 3. The Labute approximate surface area is 123 Å². The summed E-state index contributed by atoms with van der Waals surface area (Å²) in [4.78, 5) is 0. The van der Waals surface area contributed by atoms with Crippen LogP contribution in [0.15, 0.2) is 60.7 Å². The van der Waals surface area contributed by atoms with Crippen LogP contribution in [0.2, 0.25) is 0 Å². The zero-order valence-corrected chi connectivity index (χ0v) is 11.6. The average Bonchev–Trinajstić information content (AvgIpc) is 2.92. The molecule has 0 atom stereocenters. The quantitative estimate of drug-likeness (QED) is 0.771. The Bertz CT molecular complexity index is 718. The van der Waals surface area contributed by atoms with E-state index in [9.17, 15) is 5.11 Å². The van der Waals surface area contributed by atoms with Gasteiger partial charge in [-0.3, -0.25) is 0 Å². The van der Waals surface area contributed by atoms with Gasteiger partial charge in [0.2, 0.25) is 0 Å². The predicted octanol–water partition coefficient (Wildman–Crippen LogP) is 2.63. The van der Waals surface area contributed by atoms with E-state index in [0.717, 1.165) is 23.5 Å². The maximum absolute atomic E-state index is 9.41. The van der Waals surface area contributed by atoms with Gasteiger partial charge in [-0.2, -0.15) is 5.10 Å². The van der Waals surface area contributed by atoms with Gasteiger partial charge >= 0.3 is 0 Å². The Balaban J connectivity index is 1.99. The summed E-state index contributed by atoms with van der Waals surface area (Å²) < 4.78 is 1.88. The molecule has 0 amide bonds. The molecule has 21 heavy (non-hydrogen) atoms. The van der Waals surface area contributed by atoms with Gasteiger partial charge in [0.1, 0.15) is 5.75 Å². The number of aromatic nitrogens is 2. The van der Waals surface area contributed by atoms with Crippen LogP contribution in [0.3, 0.4) is 0 Å². The first kappa shape index (κ1) is 13.4. The van der Waals surface area contributed by atoms with Gasteiger partial charge in [-0.05, 0) is 35.9 Å². The van der Waals surface area contributed by atoms with E-state index in [4.69, 9.17) is 5.73 Å². The standard InChI is InChI=1S/C17H17N3O/c18-12-14-11-16(10-13-4-2-1-3-5-13)20(19-14)15-6-8-17(21)9-7-15/h1-9,11,21H,10,12,18H2. The van der Waals surface area contributed by atoms with Crippen LogP contribution >= 0.6 is 0 Å². The highest BCUT2D eigenvalue weighted by Crippen LogP contribution is 2.18. The maximum atomic E-state index is 9.41. The molecule has 0 radical (unpaired) electrons. The Morgan fingerprint density at radius 2 is 1.71 bits per heavy atom. The number of benzene rings is 2. The third-order valence-electron chi connectivity index (χ3n) is 3.37. The predicted molar refractivity (Wildman–Crippen MR) is 82.4 cm³/mol. The van der Waals surface area contributed by atoms with Gasteiger partial charge in [-0.1, -0.05) is 30.3 Å². The van der Waals surface area contributed by atoms with Gasteiger partial charge < -0.3 is 10.8 Å². The van der Waals surface area contributed by atoms with Gasteiger partial charge in [0.25, 0.3) is 0 Å². The minimum atomic E-state index is 0.245. The second-order valence-electron chi connectivity index (χ2n) is 4.92. The Morgan fingerprint density at radius 1 is 1.00 bits per heavy atom. The molecule has 0 aliphatic rings. The lowest BCUT2D eigenvalue weighted by Crippen LogP contribution is -2.04. The highest BCUT2D eigenvalue weighted by Gasteiger charge is 2.09. The van der Waals surface area contributed by atoms with Crippen molar-refractivity contribution in [2.45, 2.75) is 13.0 Å². The van der Waals surface area contributed by atoms with Crippen LogP contribution in [0.5, 0.6) is 5.75 Å². The lowest BCUT2D eigenvalue weighted by atomic mass is 10.1. The smallest absolute Gasteiger partial charge is 0.115 e. The van der Waals surface area contributed by atoms with Gasteiger partial charge in [0.15, 0.2) is 0 Å². The highest BCUT2D eigenvalue weighted by molar-refractivity contribution is 5.39. The normalized spacial score (nSPS) is 10.7. The summed E-state index contributed by atoms with van der Waals surface area (Å²) in [6.45, 7) is 0.410. The van der Waals surface area contributed by atoms with E-state index < -0.39 is 0 Å². The summed E-state index contributed by atoms with van der Waals surface area (Å²) in [5.74, 6) is 0.245. The van der Waals surface area contributed by atoms with Crippen LogP contribution in [0, 0.1) is 0 Å². The molecule has 0 saturated carbocycles. The van der Waals surface area contributed by atoms with Crippen LogP contribution in [0.25, 0.3) is 5.69 Å². The number of nitrogens with two attached hydrogens (primary N) is 1. The second-order valence-corrected chi connectivity index (χ2v) is 4.92. The number of phenols is 1. The molecule has 2 aromatic carbocycles. The van der Waals surface area contributed by atoms with E-state index in [1.54, 1.807) is 12.1 Å². The molecule has 0 unspecified atom stereocenters. The zero-order valence-electron chi connectivity index (χ0n) is 11.6. The second kappa shape index (κ2) is 5.81. The van der Waals surface area contributed by atoms with Crippen molar-refractivity contribution in [2.24, 2.45) is 5.73 Å². The van der Waals surface area contributed by atoms with Gasteiger partial charge in [0, 0.05) is 18.7 Å². The third kappa shape index (κ3) is 2.95. The van der Waals surface area contributed by atoms with Gasteiger partial charge in [0.05, 0.1) is 11.4 Å². The minimum absolute atomic E-state index is 0.245. The van der Waals surface area contributed by atoms with E-state index >= 15 is 0 Å². The molecule has 4 heteroatoms. The van der Waals surface area contributed by atoms with Crippen molar-refractivity contribution < 1.29 is 5.11 Å². The monoisotopic (exact) mass is 279 g/mol. The van der Waals surface area contributed by atoms with Crippen LogP contribution < -0.4 is 5.73 Å². The SMILES string of the molecule is NCc1cc(Cc2ccccc2)n(-c2ccc(O)cc2)n1. The molecule has 0 fully saturated rings. The van der Waals surface area contributed by atoms with Crippen molar-refractivity contribution in [3.8, 4) is 11.4 Å². The summed E-state index contributed by atoms with van der Waals surface area (Å²) in [5.41, 5.74) is 9.78. The maximum Gasteiger partial charge on any atom is 0.115 e. The molecule has 1 heterocycles. The molecule has 106 valence electrons. The first-order valence-corrected chi connectivity index (χ1v) is 6.87. The fraction of sp³-hybridized carbons (Fsp3) is 0.118. The Kier molecular flexibility index (Phi) is 3.71. The van der Waals surface area contributed by atoms with Crippen molar-refractivity contribution in [1.29, 1.82) is 0 Å². The molecular weight excluding hydrogens is 262 g/mol. The summed E-state index contributed by atoms with van der Waals surface area (Å²) in [5, 5.41) is 13.9. The molecular formula is C17H17N3O. The van der Waals surface area contributed by atoms with Gasteiger partial charge in [-0.25, -0.2) is 4.68 Å². The molecule has 3 aromatic rings. The Hall–Kier alpha value is -2.59. The van der Waals surface area contributed by atoms with Crippen LogP contribution in [-0.2, 0) is 13.0 Å². The number of phenolic OH excluding ortho intramolecular Hbond substituents is 1. The summed E-state index contributed by atoms with van der Waals surface area (Å²) in [6.07, 6.45) is 0.786. The van der Waals surface area contributed by atoms with Crippen molar-refractivity contribution >= 4 is 0 Å². The van der Waals surface area contributed by atoms with Crippen LogP contribution in [0.4, 0.5) is 0 Å². The molecule has 3 rings (SSSR count). The van der Waals surface area contributed by atoms with Crippen LogP contribution in [-0.4, -0.2) is 14.9 Å². The van der Waals surface area contributed by atoms with E-state index in [2.05, 4.69) is 17.2 Å². The fourth-order valence-electron chi connectivity index (χ4n) is 2.32.